The molecular formula is C17H26N2O. The highest BCUT2D eigenvalue weighted by atomic mass is 16.1. The first-order valence-electron chi connectivity index (χ1n) is 7.90. The van der Waals surface area contributed by atoms with E-state index in [1.54, 1.807) is 0 Å². The summed E-state index contributed by atoms with van der Waals surface area (Å²) >= 11 is 0. The SMILES string of the molecule is CCCCNC(=O)Cc1ccc(N2CCCCC2)cc1. The smallest absolute Gasteiger partial charge is 0.224 e. The largest absolute Gasteiger partial charge is 0.372 e. The highest BCUT2D eigenvalue weighted by molar-refractivity contribution is 5.78. The summed E-state index contributed by atoms with van der Waals surface area (Å²) in [6.45, 7) is 5.25. The molecule has 0 radical (unpaired) electrons. The number of piperidine rings is 1. The molecule has 0 spiro atoms. The normalized spacial score (nSPS) is 15.2. The molecule has 1 heterocycles. The number of amides is 1. The number of benzene rings is 1. The van der Waals surface area contributed by atoms with Crippen molar-refractivity contribution in [3.63, 3.8) is 0 Å². The van der Waals surface area contributed by atoms with Crippen molar-refractivity contribution in [3.05, 3.63) is 29.8 Å². The number of carbonyl (C=O) groups excluding carboxylic acids is 1. The van der Waals surface area contributed by atoms with E-state index >= 15 is 0 Å². The average molecular weight is 274 g/mol. The lowest BCUT2D eigenvalue weighted by atomic mass is 10.1. The number of anilines is 1. The van der Waals surface area contributed by atoms with Crippen LogP contribution < -0.4 is 10.2 Å². The van der Waals surface area contributed by atoms with E-state index < -0.39 is 0 Å². The molecule has 110 valence electrons. The van der Waals surface area contributed by atoms with Crippen molar-refractivity contribution in [2.45, 2.75) is 45.4 Å². The monoisotopic (exact) mass is 274 g/mol. The molecule has 1 saturated heterocycles. The van der Waals surface area contributed by atoms with E-state index in [0.717, 1.165) is 38.0 Å². The molecule has 1 aromatic rings. The van der Waals surface area contributed by atoms with Crippen LogP contribution >= 0.6 is 0 Å². The Balaban J connectivity index is 1.83. The number of nitrogens with one attached hydrogen (secondary N) is 1. The first-order chi connectivity index (χ1) is 9.79. The zero-order chi connectivity index (χ0) is 14.2. The lowest BCUT2D eigenvalue weighted by Gasteiger charge is -2.28. The molecule has 2 rings (SSSR count). The van der Waals surface area contributed by atoms with E-state index in [2.05, 4.69) is 41.4 Å². The van der Waals surface area contributed by atoms with Crippen molar-refractivity contribution in [2.75, 3.05) is 24.5 Å². The summed E-state index contributed by atoms with van der Waals surface area (Å²) in [6, 6.07) is 8.48. The van der Waals surface area contributed by atoms with Gasteiger partial charge in [0.15, 0.2) is 0 Å². The third-order valence-electron chi connectivity index (χ3n) is 3.87. The summed E-state index contributed by atoms with van der Waals surface area (Å²) in [4.78, 5) is 14.2. The highest BCUT2D eigenvalue weighted by Crippen LogP contribution is 2.20. The number of nitrogens with zero attached hydrogens (tertiary/aromatic N) is 1. The maximum Gasteiger partial charge on any atom is 0.224 e. The first kappa shape index (κ1) is 14.9. The van der Waals surface area contributed by atoms with E-state index in [-0.39, 0.29) is 5.91 Å². The van der Waals surface area contributed by atoms with Gasteiger partial charge in [-0.25, -0.2) is 0 Å². The van der Waals surface area contributed by atoms with Gasteiger partial charge in [-0.1, -0.05) is 25.5 Å². The lowest BCUT2D eigenvalue weighted by molar-refractivity contribution is -0.120. The standard InChI is InChI=1S/C17H26N2O/c1-2-3-11-18-17(20)14-15-7-9-16(10-8-15)19-12-5-4-6-13-19/h7-10H,2-6,11-14H2,1H3,(H,18,20). The first-order valence-corrected chi connectivity index (χ1v) is 7.90. The second kappa shape index (κ2) is 7.93. The molecular weight excluding hydrogens is 248 g/mol. The molecule has 0 aromatic heterocycles. The topological polar surface area (TPSA) is 32.3 Å². The van der Waals surface area contributed by atoms with E-state index in [1.807, 2.05) is 0 Å². The minimum absolute atomic E-state index is 0.129. The maximum absolute atomic E-state index is 11.8. The molecule has 3 nitrogen and oxygen atoms in total. The molecule has 0 saturated carbocycles. The van der Waals surface area contributed by atoms with Gasteiger partial charge in [-0.3, -0.25) is 4.79 Å². The van der Waals surface area contributed by atoms with Crippen LogP contribution in [0.1, 0.15) is 44.6 Å². The number of rotatable bonds is 6. The van der Waals surface area contributed by atoms with Crippen molar-refractivity contribution in [2.24, 2.45) is 0 Å². The van der Waals surface area contributed by atoms with Gasteiger partial charge in [0.25, 0.3) is 0 Å². The van der Waals surface area contributed by atoms with Crippen LogP contribution in [0.2, 0.25) is 0 Å². The van der Waals surface area contributed by atoms with Crippen LogP contribution in [0.4, 0.5) is 5.69 Å². The number of carbonyl (C=O) groups is 1. The molecule has 1 amide bonds. The molecule has 0 aliphatic carbocycles. The van der Waals surface area contributed by atoms with Crippen molar-refractivity contribution >= 4 is 11.6 Å². The van der Waals surface area contributed by atoms with Crippen LogP contribution in [0.5, 0.6) is 0 Å². The van der Waals surface area contributed by atoms with Crippen LogP contribution in [-0.4, -0.2) is 25.5 Å². The van der Waals surface area contributed by atoms with E-state index in [0.29, 0.717) is 6.42 Å². The summed E-state index contributed by atoms with van der Waals surface area (Å²) in [7, 11) is 0. The Morgan fingerprint density at radius 1 is 1.15 bits per heavy atom. The van der Waals surface area contributed by atoms with Gasteiger partial charge in [-0.2, -0.15) is 0 Å². The molecule has 1 aliphatic heterocycles. The summed E-state index contributed by atoms with van der Waals surface area (Å²) in [5, 5.41) is 2.96. The van der Waals surface area contributed by atoms with Crippen molar-refractivity contribution < 1.29 is 4.79 Å². The third-order valence-corrected chi connectivity index (χ3v) is 3.87. The molecule has 1 fully saturated rings. The Kier molecular flexibility index (Phi) is 5.90. The fourth-order valence-corrected chi connectivity index (χ4v) is 2.63. The molecule has 1 aliphatic rings. The molecule has 0 atom stereocenters. The zero-order valence-electron chi connectivity index (χ0n) is 12.5. The Morgan fingerprint density at radius 3 is 2.50 bits per heavy atom. The predicted octanol–water partition coefficient (Wildman–Crippen LogP) is 3.14. The van der Waals surface area contributed by atoms with Crippen LogP contribution in [0.15, 0.2) is 24.3 Å². The summed E-state index contributed by atoms with van der Waals surface area (Å²) in [5.41, 5.74) is 2.39. The highest BCUT2D eigenvalue weighted by Gasteiger charge is 2.10. The van der Waals surface area contributed by atoms with E-state index in [9.17, 15) is 4.79 Å². The molecule has 3 heteroatoms. The summed E-state index contributed by atoms with van der Waals surface area (Å²) < 4.78 is 0. The number of hydrogen-bond donors (Lipinski definition) is 1. The quantitative estimate of drug-likeness (QED) is 0.808. The predicted molar refractivity (Wildman–Crippen MR) is 84.1 cm³/mol. The van der Waals surface area contributed by atoms with Crippen LogP contribution in [0.25, 0.3) is 0 Å². The number of hydrogen-bond acceptors (Lipinski definition) is 2. The minimum atomic E-state index is 0.129. The fourth-order valence-electron chi connectivity index (χ4n) is 2.63. The Morgan fingerprint density at radius 2 is 1.85 bits per heavy atom. The maximum atomic E-state index is 11.8. The molecule has 0 unspecified atom stereocenters. The van der Waals surface area contributed by atoms with Crippen LogP contribution in [0, 0.1) is 0 Å². The number of unbranched alkanes of at least 4 members (excludes halogenated alkanes) is 1. The fraction of sp³-hybridized carbons (Fsp3) is 0.588. The van der Waals surface area contributed by atoms with Crippen LogP contribution in [0.3, 0.4) is 0 Å². The average Bonchev–Trinajstić information content (AvgIpc) is 2.49. The van der Waals surface area contributed by atoms with Gasteiger partial charge in [0, 0.05) is 25.3 Å². The van der Waals surface area contributed by atoms with Crippen LogP contribution in [-0.2, 0) is 11.2 Å². The van der Waals surface area contributed by atoms with Gasteiger partial charge in [0.1, 0.15) is 0 Å². The lowest BCUT2D eigenvalue weighted by Crippen LogP contribution is -2.29. The van der Waals surface area contributed by atoms with Gasteiger partial charge >= 0.3 is 0 Å². The van der Waals surface area contributed by atoms with Gasteiger partial charge in [-0.05, 0) is 43.4 Å². The second-order valence-corrected chi connectivity index (χ2v) is 5.59. The molecule has 1 aromatic carbocycles. The van der Waals surface area contributed by atoms with E-state index in [4.69, 9.17) is 0 Å². The van der Waals surface area contributed by atoms with Gasteiger partial charge in [0.2, 0.25) is 5.91 Å². The Labute approximate surface area is 122 Å². The van der Waals surface area contributed by atoms with Crippen molar-refractivity contribution in [3.8, 4) is 0 Å². The van der Waals surface area contributed by atoms with Gasteiger partial charge < -0.3 is 10.2 Å². The van der Waals surface area contributed by atoms with Crippen molar-refractivity contribution in [1.82, 2.24) is 5.32 Å². The molecule has 1 N–H and O–H groups in total. The zero-order valence-corrected chi connectivity index (χ0v) is 12.5. The second-order valence-electron chi connectivity index (χ2n) is 5.59. The Bertz CT molecular complexity index is 408. The molecule has 20 heavy (non-hydrogen) atoms. The Hall–Kier alpha value is -1.51. The minimum Gasteiger partial charge on any atom is -0.372 e. The summed E-state index contributed by atoms with van der Waals surface area (Å²) in [6.07, 6.45) is 6.60. The molecule has 0 bridgehead atoms. The van der Waals surface area contributed by atoms with Gasteiger partial charge in [-0.15, -0.1) is 0 Å². The summed E-state index contributed by atoms with van der Waals surface area (Å²) in [5.74, 6) is 0.129. The van der Waals surface area contributed by atoms with Crippen molar-refractivity contribution in [1.29, 1.82) is 0 Å². The van der Waals surface area contributed by atoms with Gasteiger partial charge in [0.05, 0.1) is 6.42 Å². The van der Waals surface area contributed by atoms with E-state index in [1.165, 1.54) is 24.9 Å². The third kappa shape index (κ3) is 4.55.